The third kappa shape index (κ3) is 5.93. The van der Waals surface area contributed by atoms with Crippen LogP contribution in [-0.4, -0.2) is 72.9 Å². The van der Waals surface area contributed by atoms with E-state index in [1.807, 2.05) is 0 Å². The number of β-lactam (4-membered cyclic amide) rings is 1. The first-order valence-corrected chi connectivity index (χ1v) is 14.4. The van der Waals surface area contributed by atoms with Crippen molar-refractivity contribution in [3.63, 3.8) is 0 Å². The predicted molar refractivity (Wildman–Crippen MR) is 153 cm³/mol. The number of aromatic nitrogens is 3. The van der Waals surface area contributed by atoms with Gasteiger partial charge in [0.05, 0.1) is 7.11 Å². The molecule has 0 unspecified atom stereocenters. The number of carbonyl (C=O) groups excluding carboxylic acids is 2. The van der Waals surface area contributed by atoms with E-state index >= 15 is 0 Å². The molecule has 1 aromatic heterocycles. The van der Waals surface area contributed by atoms with E-state index in [9.17, 15) is 24.3 Å². The summed E-state index contributed by atoms with van der Waals surface area (Å²) in [6.45, 7) is -0.0164. The lowest BCUT2D eigenvalue weighted by Gasteiger charge is -2.48. The van der Waals surface area contributed by atoms with Crippen molar-refractivity contribution >= 4 is 41.6 Å². The minimum Gasteiger partial charge on any atom is -0.507 e. The molecule has 1 fully saturated rings. The van der Waals surface area contributed by atoms with E-state index in [-0.39, 0.29) is 34.9 Å². The first-order chi connectivity index (χ1) is 19.8. The minimum atomic E-state index is -0.917. The quantitative estimate of drug-likeness (QED) is 0.123. The van der Waals surface area contributed by atoms with Gasteiger partial charge >= 0.3 is 17.1 Å². The number of aliphatic imine (C=N–C) groups is 1. The van der Waals surface area contributed by atoms with Crippen LogP contribution in [0.25, 0.3) is 0 Å². The van der Waals surface area contributed by atoms with Crippen LogP contribution in [0.5, 0.6) is 11.5 Å². The van der Waals surface area contributed by atoms with Gasteiger partial charge in [0.1, 0.15) is 29.2 Å². The molecule has 2 aliphatic rings. The minimum absolute atomic E-state index is 0.0164. The summed E-state index contributed by atoms with van der Waals surface area (Å²) in [4.78, 5) is 59.7. The number of hydrogen-bond acceptors (Lipinski definition) is 11. The van der Waals surface area contributed by atoms with E-state index in [0.29, 0.717) is 22.6 Å². The number of nitrogens with zero attached hydrogens (tertiary/aromatic N) is 4. The van der Waals surface area contributed by atoms with Gasteiger partial charge in [-0.3, -0.25) is 34.1 Å². The van der Waals surface area contributed by atoms with Crippen LogP contribution in [0.4, 0.5) is 0 Å². The highest BCUT2D eigenvalue weighted by atomic mass is 32.2. The number of fused-ring (bicyclic) bond motifs is 1. The number of ether oxygens (including phenoxy) is 2. The van der Waals surface area contributed by atoms with Gasteiger partial charge in [0.25, 0.3) is 5.91 Å². The molecule has 0 saturated carbocycles. The standard InChI is InChI=1S/C27H25N5O7S2/c1-31-27(29-22(34)23(35)30-31)41-14-17-13-40-25-20(28-11-16-5-3-4-6-19(16)33)24(36)32(25)21(17)26(37)39-12-15-7-9-18(38-2)10-8-15/h3-11,20,25,33H,12-14H2,1-2H3,(H,30,35)/b28-11-/t20-,25-/m1/s1. The number of phenolic OH excluding ortho intramolecular Hbond substituents is 1. The Balaban J connectivity index is 1.39. The average Bonchev–Trinajstić information content (AvgIpc) is 2.97. The van der Waals surface area contributed by atoms with Gasteiger partial charge in [0, 0.05) is 30.3 Å². The smallest absolute Gasteiger partial charge is 0.355 e. The number of rotatable bonds is 9. The van der Waals surface area contributed by atoms with E-state index < -0.39 is 28.5 Å². The second-order valence-electron chi connectivity index (χ2n) is 9.06. The molecule has 2 N–H and O–H groups in total. The molecule has 0 aliphatic carbocycles. The van der Waals surface area contributed by atoms with Gasteiger partial charge in [-0.1, -0.05) is 36.0 Å². The van der Waals surface area contributed by atoms with Crippen LogP contribution in [0.15, 0.2) is 79.5 Å². The summed E-state index contributed by atoms with van der Waals surface area (Å²) in [5, 5.41) is 12.2. The van der Waals surface area contributed by atoms with Gasteiger partial charge in [-0.05, 0) is 35.4 Å². The predicted octanol–water partition coefficient (Wildman–Crippen LogP) is 1.68. The third-order valence-electron chi connectivity index (χ3n) is 6.38. The number of aryl methyl sites for hydroxylation is 1. The van der Waals surface area contributed by atoms with Crippen LogP contribution in [-0.2, 0) is 28.0 Å². The number of para-hydroxylation sites is 1. The highest BCUT2D eigenvalue weighted by Gasteiger charge is 2.53. The second-order valence-corrected chi connectivity index (χ2v) is 11.1. The van der Waals surface area contributed by atoms with Crippen molar-refractivity contribution in [2.75, 3.05) is 18.6 Å². The largest absolute Gasteiger partial charge is 0.507 e. The highest BCUT2D eigenvalue weighted by molar-refractivity contribution is 8.01. The van der Waals surface area contributed by atoms with Crippen molar-refractivity contribution in [1.29, 1.82) is 0 Å². The molecule has 5 rings (SSSR count). The van der Waals surface area contributed by atoms with Crippen molar-refractivity contribution in [2.45, 2.75) is 23.2 Å². The maximum atomic E-state index is 13.4. The second kappa shape index (κ2) is 12.1. The number of esters is 1. The van der Waals surface area contributed by atoms with E-state index in [0.717, 1.165) is 17.3 Å². The number of aromatic amines is 1. The Hall–Kier alpha value is -4.30. The monoisotopic (exact) mass is 595 g/mol. The number of hydrogen-bond donors (Lipinski definition) is 2. The molecular formula is C27H25N5O7S2. The molecule has 1 saturated heterocycles. The zero-order valence-electron chi connectivity index (χ0n) is 22.0. The number of benzene rings is 2. The van der Waals surface area contributed by atoms with Gasteiger partial charge in [0.2, 0.25) is 0 Å². The van der Waals surface area contributed by atoms with Gasteiger partial charge in [-0.25, -0.2) is 4.79 Å². The summed E-state index contributed by atoms with van der Waals surface area (Å²) < 4.78 is 12.1. The lowest BCUT2D eigenvalue weighted by molar-refractivity contribution is -0.151. The summed E-state index contributed by atoms with van der Waals surface area (Å²) in [6.07, 6.45) is 1.45. The zero-order chi connectivity index (χ0) is 29.1. The van der Waals surface area contributed by atoms with Crippen LogP contribution in [0, 0.1) is 0 Å². The molecule has 3 aromatic rings. The molecule has 12 nitrogen and oxygen atoms in total. The number of phenols is 1. The molecule has 41 heavy (non-hydrogen) atoms. The van der Waals surface area contributed by atoms with Crippen LogP contribution >= 0.6 is 23.5 Å². The highest BCUT2D eigenvalue weighted by Crippen LogP contribution is 2.43. The fourth-order valence-electron chi connectivity index (χ4n) is 4.20. The maximum absolute atomic E-state index is 13.4. The SMILES string of the molecule is COc1ccc(COC(=O)C2=C(CSc3nc(=O)c(=O)[nH]n3C)CS[C@@H]3[C@H](/N=C\c4ccccc4O)C(=O)N23)cc1. The fraction of sp³-hybridized carbons (Fsp3) is 0.259. The van der Waals surface area contributed by atoms with Crippen molar-refractivity contribution in [2.24, 2.45) is 12.0 Å². The summed E-state index contributed by atoms with van der Waals surface area (Å²) in [5.41, 5.74) is 0.211. The van der Waals surface area contributed by atoms with Gasteiger partial charge < -0.3 is 14.6 Å². The molecular weight excluding hydrogens is 570 g/mol. The molecule has 2 atom stereocenters. The molecule has 2 aliphatic heterocycles. The van der Waals surface area contributed by atoms with E-state index in [1.54, 1.807) is 56.6 Å². The topological polar surface area (TPSA) is 156 Å². The Morgan fingerprint density at radius 3 is 2.71 bits per heavy atom. The van der Waals surface area contributed by atoms with Crippen molar-refractivity contribution < 1.29 is 24.2 Å². The van der Waals surface area contributed by atoms with Crippen LogP contribution in [0.2, 0.25) is 0 Å². The summed E-state index contributed by atoms with van der Waals surface area (Å²) >= 11 is 2.59. The number of amides is 1. The van der Waals surface area contributed by atoms with E-state index in [2.05, 4.69) is 15.1 Å². The zero-order valence-corrected chi connectivity index (χ0v) is 23.6. The third-order valence-corrected chi connectivity index (χ3v) is 8.82. The van der Waals surface area contributed by atoms with Gasteiger partial charge in [0.15, 0.2) is 11.2 Å². The summed E-state index contributed by atoms with van der Waals surface area (Å²) in [6, 6.07) is 13.0. The lowest BCUT2D eigenvalue weighted by atomic mass is 10.0. The molecule has 2 aromatic carbocycles. The number of nitrogens with one attached hydrogen (secondary N) is 1. The number of thioether (sulfide) groups is 2. The maximum Gasteiger partial charge on any atom is 0.355 e. The molecule has 3 heterocycles. The summed E-state index contributed by atoms with van der Waals surface area (Å²) in [7, 11) is 3.11. The Bertz CT molecular complexity index is 1670. The van der Waals surface area contributed by atoms with Crippen LogP contribution < -0.4 is 15.9 Å². The Morgan fingerprint density at radius 1 is 1.22 bits per heavy atom. The Labute approximate surface area is 242 Å². The Kier molecular flexibility index (Phi) is 8.31. The average molecular weight is 596 g/mol. The molecule has 14 heteroatoms. The van der Waals surface area contributed by atoms with Gasteiger partial charge in [-0.2, -0.15) is 4.98 Å². The summed E-state index contributed by atoms with van der Waals surface area (Å²) in [5.74, 6) is 0.288. The Morgan fingerprint density at radius 2 is 1.98 bits per heavy atom. The first-order valence-electron chi connectivity index (χ1n) is 12.3. The lowest BCUT2D eigenvalue weighted by Crippen LogP contribution is -2.64. The van der Waals surface area contributed by atoms with E-state index in [1.165, 1.54) is 33.6 Å². The van der Waals surface area contributed by atoms with Crippen LogP contribution in [0.3, 0.4) is 0 Å². The number of methoxy groups -OCH3 is 1. The number of carbonyl (C=O) groups is 2. The normalized spacial score (nSPS) is 18.3. The van der Waals surface area contributed by atoms with Crippen molar-refractivity contribution in [3.05, 3.63) is 91.6 Å². The molecule has 212 valence electrons. The van der Waals surface area contributed by atoms with Crippen LogP contribution in [0.1, 0.15) is 11.1 Å². The van der Waals surface area contributed by atoms with E-state index in [4.69, 9.17) is 9.47 Å². The first kappa shape index (κ1) is 28.2. The molecule has 0 radical (unpaired) electrons. The molecule has 1 amide bonds. The fourth-order valence-corrected chi connectivity index (χ4v) is 6.60. The number of aromatic hydroxyl groups is 1. The molecule has 0 bridgehead atoms. The van der Waals surface area contributed by atoms with Crippen molar-refractivity contribution in [3.8, 4) is 11.5 Å². The van der Waals surface area contributed by atoms with Gasteiger partial charge in [-0.15, -0.1) is 11.8 Å². The number of H-pyrrole nitrogens is 1. The van der Waals surface area contributed by atoms with Crippen molar-refractivity contribution in [1.82, 2.24) is 19.7 Å². The molecule has 0 spiro atoms.